The van der Waals surface area contributed by atoms with Gasteiger partial charge in [-0.05, 0) is 37.0 Å². The molecule has 5 heteroatoms. The minimum atomic E-state index is -0.399. The topological polar surface area (TPSA) is 49.8 Å². The Morgan fingerprint density at radius 3 is 2.68 bits per heavy atom. The average molecular weight is 330 g/mol. The van der Waals surface area contributed by atoms with Crippen LogP contribution in [0.1, 0.15) is 46.5 Å². The molecule has 3 atom stereocenters. The number of aliphatic hydroxyl groups is 1. The molecule has 0 saturated carbocycles. The van der Waals surface area contributed by atoms with E-state index in [9.17, 15) is 9.90 Å². The number of carbonyl (C=O) groups excluding carboxylic acids is 1. The van der Waals surface area contributed by atoms with Crippen molar-refractivity contribution < 1.29 is 14.6 Å². The summed E-state index contributed by atoms with van der Waals surface area (Å²) < 4.78 is 5.69. The highest BCUT2D eigenvalue weighted by Crippen LogP contribution is 2.34. The van der Waals surface area contributed by atoms with Crippen molar-refractivity contribution in [2.45, 2.75) is 58.7 Å². The van der Waals surface area contributed by atoms with Gasteiger partial charge in [-0.3, -0.25) is 4.79 Å². The minimum absolute atomic E-state index is 0.0988. The number of carbonyl (C=O) groups is 1. The van der Waals surface area contributed by atoms with Gasteiger partial charge in [-0.25, -0.2) is 0 Å². The van der Waals surface area contributed by atoms with E-state index >= 15 is 0 Å². The maximum absolute atomic E-state index is 12.3. The molecule has 0 unspecified atom stereocenters. The van der Waals surface area contributed by atoms with Crippen LogP contribution in [0.15, 0.2) is 0 Å². The molecular weight excluding hydrogens is 298 g/mol. The Morgan fingerprint density at radius 1 is 1.32 bits per heavy atom. The lowest BCUT2D eigenvalue weighted by molar-refractivity contribution is -0.134. The number of rotatable bonds is 4. The van der Waals surface area contributed by atoms with Crippen molar-refractivity contribution in [3.8, 4) is 0 Å². The normalized spacial score (nSPS) is 30.4. The SMILES string of the molecule is CC(C)(C)[C@@H]1CCN(C(=O)CSC[C@@H]2CCCCO2)C[C@H]1O. The molecule has 0 aliphatic carbocycles. The maximum Gasteiger partial charge on any atom is 0.232 e. The second-order valence-corrected chi connectivity index (χ2v) is 8.70. The van der Waals surface area contributed by atoms with Crippen molar-refractivity contribution in [3.05, 3.63) is 0 Å². The summed E-state index contributed by atoms with van der Waals surface area (Å²) in [5, 5.41) is 10.3. The molecule has 2 rings (SSSR count). The van der Waals surface area contributed by atoms with Crippen LogP contribution >= 0.6 is 11.8 Å². The Kier molecular flexibility index (Phi) is 6.59. The Bertz CT molecular complexity index is 363. The van der Waals surface area contributed by atoms with Crippen molar-refractivity contribution >= 4 is 17.7 Å². The molecule has 1 amide bonds. The number of hydrogen-bond acceptors (Lipinski definition) is 4. The minimum Gasteiger partial charge on any atom is -0.391 e. The van der Waals surface area contributed by atoms with E-state index in [-0.39, 0.29) is 17.2 Å². The van der Waals surface area contributed by atoms with Gasteiger partial charge in [0.25, 0.3) is 0 Å². The Labute approximate surface area is 139 Å². The van der Waals surface area contributed by atoms with Gasteiger partial charge in [-0.1, -0.05) is 20.8 Å². The highest BCUT2D eigenvalue weighted by Gasteiger charge is 2.36. The molecule has 128 valence electrons. The molecule has 4 nitrogen and oxygen atoms in total. The number of aliphatic hydroxyl groups excluding tert-OH is 1. The van der Waals surface area contributed by atoms with Gasteiger partial charge in [-0.15, -0.1) is 11.8 Å². The summed E-state index contributed by atoms with van der Waals surface area (Å²) in [4.78, 5) is 14.1. The van der Waals surface area contributed by atoms with E-state index in [1.165, 1.54) is 12.8 Å². The molecule has 2 saturated heterocycles. The van der Waals surface area contributed by atoms with E-state index in [4.69, 9.17) is 4.74 Å². The second-order valence-electron chi connectivity index (χ2n) is 7.67. The summed E-state index contributed by atoms with van der Waals surface area (Å²) >= 11 is 1.67. The first-order valence-corrected chi connectivity index (χ1v) is 9.68. The number of ether oxygens (including phenoxy) is 1. The number of thioether (sulfide) groups is 1. The Morgan fingerprint density at radius 2 is 2.09 bits per heavy atom. The van der Waals surface area contributed by atoms with Gasteiger partial charge in [0.05, 0.1) is 18.0 Å². The van der Waals surface area contributed by atoms with Crippen molar-refractivity contribution in [2.24, 2.45) is 11.3 Å². The van der Waals surface area contributed by atoms with E-state index in [0.717, 1.165) is 31.7 Å². The van der Waals surface area contributed by atoms with Gasteiger partial charge in [0.1, 0.15) is 0 Å². The summed E-state index contributed by atoms with van der Waals surface area (Å²) in [6.07, 6.45) is 4.35. The summed E-state index contributed by atoms with van der Waals surface area (Å²) in [6, 6.07) is 0. The molecule has 22 heavy (non-hydrogen) atoms. The Hall–Kier alpha value is -0.260. The quantitative estimate of drug-likeness (QED) is 0.861. The third-order valence-corrected chi connectivity index (χ3v) is 5.91. The first-order valence-electron chi connectivity index (χ1n) is 8.53. The number of piperidine rings is 1. The summed E-state index contributed by atoms with van der Waals surface area (Å²) in [5.41, 5.74) is 0.0988. The third kappa shape index (κ3) is 5.14. The first kappa shape index (κ1) is 18.1. The van der Waals surface area contributed by atoms with Crippen LogP contribution < -0.4 is 0 Å². The highest BCUT2D eigenvalue weighted by molar-refractivity contribution is 7.99. The lowest BCUT2D eigenvalue weighted by Gasteiger charge is -2.42. The highest BCUT2D eigenvalue weighted by atomic mass is 32.2. The zero-order chi connectivity index (χ0) is 16.2. The van der Waals surface area contributed by atoms with Crippen LogP contribution in [0.5, 0.6) is 0 Å². The van der Waals surface area contributed by atoms with Crippen LogP contribution in [0.4, 0.5) is 0 Å². The van der Waals surface area contributed by atoms with Gasteiger partial charge in [0, 0.05) is 25.4 Å². The molecule has 0 aromatic rings. The van der Waals surface area contributed by atoms with Crippen molar-refractivity contribution in [1.29, 1.82) is 0 Å². The monoisotopic (exact) mass is 329 g/mol. The van der Waals surface area contributed by atoms with Crippen LogP contribution in [0, 0.1) is 11.3 Å². The average Bonchev–Trinajstić information content (AvgIpc) is 2.46. The molecular formula is C17H31NO3S. The lowest BCUT2D eigenvalue weighted by Crippen LogP contribution is -2.50. The summed E-state index contributed by atoms with van der Waals surface area (Å²) in [5.74, 6) is 1.85. The lowest BCUT2D eigenvalue weighted by atomic mass is 9.74. The standard InChI is InChI=1S/C17H31NO3S/c1-17(2,3)14-7-8-18(10-15(14)19)16(20)12-22-11-13-6-4-5-9-21-13/h13-15,19H,4-12H2,1-3H3/t13-,14+,15+/m0/s1. The van der Waals surface area contributed by atoms with Crippen LogP contribution in [0.2, 0.25) is 0 Å². The van der Waals surface area contributed by atoms with Gasteiger partial charge in [0.2, 0.25) is 5.91 Å². The molecule has 0 aromatic heterocycles. The largest absolute Gasteiger partial charge is 0.391 e. The predicted octanol–water partition coefficient (Wildman–Crippen LogP) is 2.54. The van der Waals surface area contributed by atoms with E-state index in [2.05, 4.69) is 20.8 Å². The molecule has 2 aliphatic heterocycles. The second kappa shape index (κ2) is 8.02. The van der Waals surface area contributed by atoms with Crippen LogP contribution in [-0.2, 0) is 9.53 Å². The first-order chi connectivity index (χ1) is 10.4. The zero-order valence-corrected chi connectivity index (χ0v) is 15.0. The number of amides is 1. The number of hydrogen-bond donors (Lipinski definition) is 1. The fourth-order valence-corrected chi connectivity index (χ4v) is 4.48. The number of β-amino-alcohol motifs (C(OH)–C–C–N with tert-alkyl or cyclic N) is 1. The van der Waals surface area contributed by atoms with Crippen molar-refractivity contribution in [2.75, 3.05) is 31.2 Å². The van der Waals surface area contributed by atoms with Gasteiger partial charge >= 0.3 is 0 Å². The fraction of sp³-hybridized carbons (Fsp3) is 0.941. The third-order valence-electron chi connectivity index (χ3n) is 4.85. The molecule has 0 bridgehead atoms. The summed E-state index contributed by atoms with van der Waals surface area (Å²) in [6.45, 7) is 8.63. The zero-order valence-electron chi connectivity index (χ0n) is 14.2. The van der Waals surface area contributed by atoms with E-state index < -0.39 is 6.10 Å². The van der Waals surface area contributed by atoms with Crippen molar-refractivity contribution in [3.63, 3.8) is 0 Å². The van der Waals surface area contributed by atoms with Gasteiger partial charge in [0.15, 0.2) is 0 Å². The number of likely N-dealkylation sites (tertiary alicyclic amines) is 1. The van der Waals surface area contributed by atoms with Crippen LogP contribution in [-0.4, -0.2) is 59.3 Å². The molecule has 1 N–H and O–H groups in total. The van der Waals surface area contributed by atoms with Crippen molar-refractivity contribution in [1.82, 2.24) is 4.90 Å². The molecule has 0 aromatic carbocycles. The molecule has 0 radical (unpaired) electrons. The fourth-order valence-electron chi connectivity index (χ4n) is 3.48. The van der Waals surface area contributed by atoms with Gasteiger partial charge < -0.3 is 14.7 Å². The van der Waals surface area contributed by atoms with E-state index in [1.54, 1.807) is 11.8 Å². The van der Waals surface area contributed by atoms with Crippen LogP contribution in [0.3, 0.4) is 0 Å². The molecule has 2 heterocycles. The predicted molar refractivity (Wildman–Crippen MR) is 91.1 cm³/mol. The smallest absolute Gasteiger partial charge is 0.232 e. The number of nitrogens with zero attached hydrogens (tertiary/aromatic N) is 1. The Balaban J connectivity index is 1.70. The van der Waals surface area contributed by atoms with Gasteiger partial charge in [-0.2, -0.15) is 0 Å². The maximum atomic E-state index is 12.3. The molecule has 0 spiro atoms. The van der Waals surface area contributed by atoms with E-state index in [1.807, 2.05) is 4.90 Å². The van der Waals surface area contributed by atoms with E-state index in [0.29, 0.717) is 18.4 Å². The molecule has 2 aliphatic rings. The van der Waals surface area contributed by atoms with Crippen LogP contribution in [0.25, 0.3) is 0 Å². The molecule has 2 fully saturated rings. The summed E-state index contributed by atoms with van der Waals surface area (Å²) in [7, 11) is 0.